The summed E-state index contributed by atoms with van der Waals surface area (Å²) in [5.41, 5.74) is 7.40. The van der Waals surface area contributed by atoms with Crippen LogP contribution in [0.25, 0.3) is 0 Å². The Labute approximate surface area is 187 Å². The molecule has 33 heavy (non-hydrogen) atoms. The summed E-state index contributed by atoms with van der Waals surface area (Å²) in [6.07, 6.45) is -2.98. The van der Waals surface area contributed by atoms with Crippen molar-refractivity contribution < 1.29 is 27.5 Å². The fourth-order valence-corrected chi connectivity index (χ4v) is 4.30. The molecule has 4 rings (SSSR count). The zero-order chi connectivity index (χ0) is 23.8. The summed E-state index contributed by atoms with van der Waals surface area (Å²) in [5.74, 6) is -0.820. The van der Waals surface area contributed by atoms with E-state index >= 15 is 0 Å². The lowest BCUT2D eigenvalue weighted by atomic mass is 9.97. The van der Waals surface area contributed by atoms with Crippen LogP contribution in [0.2, 0.25) is 0 Å². The monoisotopic (exact) mass is 459 g/mol. The second-order valence-electron chi connectivity index (χ2n) is 7.80. The Morgan fingerprint density at radius 3 is 2.61 bits per heavy atom. The molecule has 1 amide bonds. The minimum absolute atomic E-state index is 0.0652. The van der Waals surface area contributed by atoms with Crippen molar-refractivity contribution in [1.82, 2.24) is 4.98 Å². The van der Waals surface area contributed by atoms with E-state index in [4.69, 9.17) is 5.73 Å². The maximum atomic E-state index is 14.9. The maximum Gasteiger partial charge on any atom is 0.416 e. The topological polar surface area (TPSA) is 79.5 Å². The van der Waals surface area contributed by atoms with E-state index in [1.54, 1.807) is 18.2 Å². The molecule has 2 aromatic carbocycles. The van der Waals surface area contributed by atoms with Crippen molar-refractivity contribution in [3.05, 3.63) is 87.9 Å². The number of amides is 1. The van der Waals surface area contributed by atoms with E-state index in [-0.39, 0.29) is 30.6 Å². The van der Waals surface area contributed by atoms with Crippen molar-refractivity contribution >= 4 is 17.4 Å². The van der Waals surface area contributed by atoms with Gasteiger partial charge in [0.1, 0.15) is 11.6 Å². The lowest BCUT2D eigenvalue weighted by Gasteiger charge is -2.24. The van der Waals surface area contributed by atoms with Crippen LogP contribution >= 0.6 is 0 Å². The zero-order valence-corrected chi connectivity index (χ0v) is 17.5. The average Bonchev–Trinajstić information content (AvgIpc) is 3.20. The molecule has 3 N–H and O–H groups in total. The third-order valence-electron chi connectivity index (χ3n) is 5.77. The van der Waals surface area contributed by atoms with Gasteiger partial charge in [-0.05, 0) is 42.2 Å². The SMILES string of the molecule is NC(=O)c1cccc2c1CCN2c1ncc(F)c(Cc2cccc(C(F)(F)F)c2)c1CCO. The number of hydrogen-bond acceptors (Lipinski definition) is 4. The number of anilines is 2. The third-order valence-corrected chi connectivity index (χ3v) is 5.77. The molecule has 1 aliphatic rings. The number of benzene rings is 2. The summed E-state index contributed by atoms with van der Waals surface area (Å²) in [6.45, 7) is 0.162. The van der Waals surface area contributed by atoms with Crippen molar-refractivity contribution in [3.63, 3.8) is 0 Å². The summed E-state index contributed by atoms with van der Waals surface area (Å²) in [6, 6.07) is 9.87. The van der Waals surface area contributed by atoms with Crippen LogP contribution in [0.15, 0.2) is 48.7 Å². The van der Waals surface area contributed by atoms with Gasteiger partial charge in [-0.3, -0.25) is 4.79 Å². The Morgan fingerprint density at radius 2 is 1.91 bits per heavy atom. The lowest BCUT2D eigenvalue weighted by Crippen LogP contribution is -2.19. The van der Waals surface area contributed by atoms with Crippen molar-refractivity contribution in [1.29, 1.82) is 0 Å². The molecule has 3 aromatic rings. The van der Waals surface area contributed by atoms with Crippen LogP contribution < -0.4 is 10.6 Å². The van der Waals surface area contributed by atoms with Gasteiger partial charge >= 0.3 is 6.18 Å². The first kappa shape index (κ1) is 22.7. The Bertz CT molecular complexity index is 1210. The molecule has 172 valence electrons. The van der Waals surface area contributed by atoms with Gasteiger partial charge in [0.2, 0.25) is 5.91 Å². The second-order valence-corrected chi connectivity index (χ2v) is 7.80. The highest BCUT2D eigenvalue weighted by molar-refractivity contribution is 5.97. The van der Waals surface area contributed by atoms with Crippen LogP contribution in [-0.2, 0) is 25.4 Å². The number of pyridine rings is 1. The highest BCUT2D eigenvalue weighted by Crippen LogP contribution is 2.39. The molecule has 0 aliphatic carbocycles. The van der Waals surface area contributed by atoms with Gasteiger partial charge in [-0.25, -0.2) is 9.37 Å². The fourth-order valence-electron chi connectivity index (χ4n) is 4.30. The van der Waals surface area contributed by atoms with Crippen LogP contribution in [0, 0.1) is 5.82 Å². The van der Waals surface area contributed by atoms with Gasteiger partial charge in [0, 0.05) is 42.0 Å². The predicted molar refractivity (Wildman–Crippen MR) is 115 cm³/mol. The smallest absolute Gasteiger partial charge is 0.396 e. The second kappa shape index (κ2) is 8.82. The number of nitrogens with zero attached hydrogens (tertiary/aromatic N) is 2. The molecule has 0 saturated heterocycles. The van der Waals surface area contributed by atoms with Gasteiger partial charge < -0.3 is 15.7 Å². The van der Waals surface area contributed by atoms with Gasteiger partial charge in [0.05, 0.1) is 11.8 Å². The van der Waals surface area contributed by atoms with Crippen LogP contribution in [0.3, 0.4) is 0 Å². The minimum atomic E-state index is -4.51. The first-order valence-electron chi connectivity index (χ1n) is 10.3. The number of aromatic nitrogens is 1. The van der Waals surface area contributed by atoms with Crippen LogP contribution in [0.5, 0.6) is 0 Å². The molecule has 9 heteroatoms. The summed E-state index contributed by atoms with van der Waals surface area (Å²) in [5, 5.41) is 9.65. The molecule has 5 nitrogen and oxygen atoms in total. The average molecular weight is 459 g/mol. The summed E-state index contributed by atoms with van der Waals surface area (Å²) in [4.78, 5) is 17.9. The number of hydrogen-bond donors (Lipinski definition) is 2. The van der Waals surface area contributed by atoms with Crippen molar-refractivity contribution in [2.24, 2.45) is 5.73 Å². The number of halogens is 4. The first-order valence-corrected chi connectivity index (χ1v) is 10.3. The van der Waals surface area contributed by atoms with E-state index in [1.165, 1.54) is 12.1 Å². The molecule has 0 bridgehead atoms. The van der Waals surface area contributed by atoms with Crippen LogP contribution in [0.1, 0.15) is 38.2 Å². The van der Waals surface area contributed by atoms with Crippen LogP contribution in [-0.4, -0.2) is 29.1 Å². The van der Waals surface area contributed by atoms with Crippen molar-refractivity contribution in [2.45, 2.75) is 25.4 Å². The van der Waals surface area contributed by atoms with E-state index < -0.39 is 23.5 Å². The van der Waals surface area contributed by atoms with Gasteiger partial charge in [-0.2, -0.15) is 13.2 Å². The molecule has 0 fully saturated rings. The van der Waals surface area contributed by atoms with Crippen LogP contribution in [0.4, 0.5) is 29.1 Å². The molecule has 0 saturated carbocycles. The largest absolute Gasteiger partial charge is 0.416 e. The Balaban J connectivity index is 1.79. The van der Waals surface area contributed by atoms with E-state index in [9.17, 15) is 27.5 Å². The molecule has 0 radical (unpaired) electrons. The Hall–Kier alpha value is -3.46. The highest BCUT2D eigenvalue weighted by Gasteiger charge is 2.31. The molecule has 1 aliphatic heterocycles. The number of carbonyl (C=O) groups excluding carboxylic acids is 1. The highest BCUT2D eigenvalue weighted by atomic mass is 19.4. The Kier molecular flexibility index (Phi) is 6.07. The van der Waals surface area contributed by atoms with Gasteiger partial charge in [-0.15, -0.1) is 0 Å². The number of aliphatic hydroxyl groups excluding tert-OH is 1. The van der Waals surface area contributed by atoms with Crippen molar-refractivity contribution in [2.75, 3.05) is 18.1 Å². The number of rotatable bonds is 6. The van der Waals surface area contributed by atoms with E-state index in [0.717, 1.165) is 23.9 Å². The maximum absolute atomic E-state index is 14.9. The van der Waals surface area contributed by atoms with Gasteiger partial charge in [0.25, 0.3) is 0 Å². The predicted octanol–water partition coefficient (Wildman–Crippen LogP) is 4.16. The first-order chi connectivity index (χ1) is 15.7. The number of carbonyl (C=O) groups is 1. The quantitative estimate of drug-likeness (QED) is 0.543. The van der Waals surface area contributed by atoms with E-state index in [0.29, 0.717) is 35.6 Å². The summed E-state index contributed by atoms with van der Waals surface area (Å²) < 4.78 is 54.3. The van der Waals surface area contributed by atoms with E-state index in [1.807, 2.05) is 4.90 Å². The normalized spacial score (nSPS) is 13.3. The van der Waals surface area contributed by atoms with E-state index in [2.05, 4.69) is 4.98 Å². The molecule has 0 unspecified atom stereocenters. The third kappa shape index (κ3) is 4.41. The summed E-state index contributed by atoms with van der Waals surface area (Å²) >= 11 is 0. The number of nitrogens with two attached hydrogens (primary N) is 1. The number of fused-ring (bicyclic) bond motifs is 1. The number of primary amides is 1. The minimum Gasteiger partial charge on any atom is -0.396 e. The Morgan fingerprint density at radius 1 is 1.15 bits per heavy atom. The van der Waals surface area contributed by atoms with Gasteiger partial charge in [0.15, 0.2) is 0 Å². The molecular formula is C24H21F4N3O2. The van der Waals surface area contributed by atoms with Crippen molar-refractivity contribution in [3.8, 4) is 0 Å². The zero-order valence-electron chi connectivity index (χ0n) is 17.5. The molecular weight excluding hydrogens is 438 g/mol. The summed E-state index contributed by atoms with van der Waals surface area (Å²) in [7, 11) is 0. The molecule has 1 aromatic heterocycles. The van der Waals surface area contributed by atoms with Gasteiger partial charge in [-0.1, -0.05) is 24.3 Å². The lowest BCUT2D eigenvalue weighted by molar-refractivity contribution is -0.137. The molecule has 2 heterocycles. The molecule has 0 spiro atoms. The standard InChI is InChI=1S/C24H21F4N3O2/c25-20-13-30-23(31-9-7-16-17(22(29)33)5-2-6-21(16)31)18(8-10-32)19(20)12-14-3-1-4-15(11-14)24(26,27)28/h1-6,11,13,32H,7-10,12H2,(H2,29,33). The fraction of sp³-hybridized carbons (Fsp3) is 0.250. The number of aliphatic hydroxyl groups is 1. The number of alkyl halides is 3. The molecule has 0 atom stereocenters.